The molecule has 5 rings (SSSR count). The van der Waals surface area contributed by atoms with Crippen LogP contribution in [-0.4, -0.2) is 41.0 Å². The molecule has 0 radical (unpaired) electrons. The molecule has 7 heteroatoms. The van der Waals surface area contributed by atoms with E-state index in [4.69, 9.17) is 9.47 Å². The number of carbonyl (C=O) groups is 2. The number of amides is 2. The van der Waals surface area contributed by atoms with Crippen LogP contribution in [0, 0.1) is 6.92 Å². The lowest BCUT2D eigenvalue weighted by atomic mass is 10.1. The molecule has 0 saturated heterocycles. The van der Waals surface area contributed by atoms with Gasteiger partial charge >= 0.3 is 0 Å². The van der Waals surface area contributed by atoms with Gasteiger partial charge in [0.15, 0.2) is 11.5 Å². The van der Waals surface area contributed by atoms with Crippen molar-refractivity contribution in [2.24, 2.45) is 0 Å². The number of carbonyl (C=O) groups excluding carboxylic acids is 2. The fourth-order valence-corrected chi connectivity index (χ4v) is 4.89. The molecule has 0 unspecified atom stereocenters. The van der Waals surface area contributed by atoms with Crippen LogP contribution in [0.25, 0.3) is 0 Å². The van der Waals surface area contributed by atoms with Crippen LogP contribution in [0.4, 0.5) is 0 Å². The van der Waals surface area contributed by atoms with E-state index in [2.05, 4.69) is 19.1 Å². The summed E-state index contributed by atoms with van der Waals surface area (Å²) >= 11 is 1.70. The molecule has 0 bridgehead atoms. The topological polar surface area (TPSA) is 59.1 Å². The lowest BCUT2D eigenvalue weighted by molar-refractivity contribution is -0.133. The minimum atomic E-state index is -0.143. The SMILES string of the molecule is Cc1ccc(CN(Cc2ccccc2)C(=O)CN(C(=O)c2ccc3c(c2)OCO3)C2CC2)s1. The number of hydrogen-bond donors (Lipinski definition) is 0. The highest BCUT2D eigenvalue weighted by Gasteiger charge is 2.35. The maximum atomic E-state index is 13.5. The Morgan fingerprint density at radius 1 is 0.970 bits per heavy atom. The molecule has 1 fully saturated rings. The number of rotatable bonds is 8. The minimum absolute atomic E-state index is 0.0501. The lowest BCUT2D eigenvalue weighted by Gasteiger charge is -2.28. The van der Waals surface area contributed by atoms with Gasteiger partial charge in [0.05, 0.1) is 6.54 Å². The molecule has 0 atom stereocenters. The van der Waals surface area contributed by atoms with Crippen LogP contribution in [0.3, 0.4) is 0 Å². The van der Waals surface area contributed by atoms with Gasteiger partial charge in [-0.05, 0) is 55.7 Å². The monoisotopic (exact) mass is 462 g/mol. The Morgan fingerprint density at radius 2 is 1.76 bits per heavy atom. The molecule has 2 heterocycles. The van der Waals surface area contributed by atoms with Crippen molar-refractivity contribution in [1.29, 1.82) is 0 Å². The molecule has 170 valence electrons. The molecule has 2 aromatic carbocycles. The number of thiophene rings is 1. The highest BCUT2D eigenvalue weighted by Crippen LogP contribution is 2.34. The Bertz CT molecular complexity index is 1160. The zero-order chi connectivity index (χ0) is 22.8. The summed E-state index contributed by atoms with van der Waals surface area (Å²) in [5, 5.41) is 0. The highest BCUT2D eigenvalue weighted by molar-refractivity contribution is 7.11. The molecule has 3 aromatic rings. The smallest absolute Gasteiger partial charge is 0.254 e. The Kier molecular flexibility index (Phi) is 6.05. The zero-order valence-electron chi connectivity index (χ0n) is 18.5. The van der Waals surface area contributed by atoms with Gasteiger partial charge in [0, 0.05) is 27.9 Å². The first-order chi connectivity index (χ1) is 16.1. The van der Waals surface area contributed by atoms with Gasteiger partial charge in [-0.25, -0.2) is 0 Å². The molecular formula is C26H26N2O4S. The summed E-state index contributed by atoms with van der Waals surface area (Å²) in [5.74, 6) is 1.02. The Labute approximate surface area is 197 Å². The number of hydrogen-bond acceptors (Lipinski definition) is 5. The molecule has 6 nitrogen and oxygen atoms in total. The number of benzene rings is 2. The summed E-state index contributed by atoms with van der Waals surface area (Å²) in [4.78, 5) is 32.8. The van der Waals surface area contributed by atoms with Crippen molar-refractivity contribution in [3.8, 4) is 11.5 Å². The van der Waals surface area contributed by atoms with Crippen molar-refractivity contribution in [2.75, 3.05) is 13.3 Å². The maximum absolute atomic E-state index is 13.5. The fourth-order valence-electron chi connectivity index (χ4n) is 3.99. The molecule has 0 spiro atoms. The van der Waals surface area contributed by atoms with E-state index in [1.54, 1.807) is 34.4 Å². The summed E-state index contributed by atoms with van der Waals surface area (Å²) in [6.45, 7) is 3.33. The van der Waals surface area contributed by atoms with Crippen LogP contribution in [-0.2, 0) is 17.9 Å². The largest absolute Gasteiger partial charge is 0.454 e. The Balaban J connectivity index is 1.35. The van der Waals surface area contributed by atoms with Crippen LogP contribution >= 0.6 is 11.3 Å². The molecular weight excluding hydrogens is 436 g/mol. The number of fused-ring (bicyclic) bond motifs is 1. The summed E-state index contributed by atoms with van der Waals surface area (Å²) in [6, 6.07) is 19.4. The van der Waals surface area contributed by atoms with Gasteiger partial charge in [-0.15, -0.1) is 11.3 Å². The van der Waals surface area contributed by atoms with E-state index in [1.807, 2.05) is 35.2 Å². The van der Waals surface area contributed by atoms with Crippen molar-refractivity contribution in [3.05, 3.63) is 81.5 Å². The average Bonchev–Trinajstić information content (AvgIpc) is 3.41. The molecule has 1 aliphatic carbocycles. The van der Waals surface area contributed by atoms with E-state index in [9.17, 15) is 9.59 Å². The van der Waals surface area contributed by atoms with E-state index in [0.29, 0.717) is 30.2 Å². The normalized spacial score (nSPS) is 14.2. The quantitative estimate of drug-likeness (QED) is 0.490. The lowest BCUT2D eigenvalue weighted by Crippen LogP contribution is -2.43. The van der Waals surface area contributed by atoms with Crippen molar-refractivity contribution >= 4 is 23.2 Å². The van der Waals surface area contributed by atoms with Crippen LogP contribution in [0.2, 0.25) is 0 Å². The second kappa shape index (κ2) is 9.27. The van der Waals surface area contributed by atoms with Gasteiger partial charge in [0.1, 0.15) is 6.54 Å². The van der Waals surface area contributed by atoms with Crippen LogP contribution in [0.15, 0.2) is 60.7 Å². The second-order valence-electron chi connectivity index (χ2n) is 8.48. The van der Waals surface area contributed by atoms with Crippen LogP contribution in [0.5, 0.6) is 11.5 Å². The number of aryl methyl sites for hydroxylation is 1. The molecule has 1 aliphatic heterocycles. The van der Waals surface area contributed by atoms with Crippen molar-refractivity contribution in [3.63, 3.8) is 0 Å². The predicted octanol–water partition coefficient (Wildman–Crippen LogP) is 4.62. The average molecular weight is 463 g/mol. The fraction of sp³-hybridized carbons (Fsp3) is 0.308. The van der Waals surface area contributed by atoms with Crippen LogP contribution in [0.1, 0.15) is 38.5 Å². The third kappa shape index (κ3) is 5.03. The number of nitrogens with zero attached hydrogens (tertiary/aromatic N) is 2. The van der Waals surface area contributed by atoms with Gasteiger partial charge < -0.3 is 19.3 Å². The van der Waals surface area contributed by atoms with Gasteiger partial charge in [-0.2, -0.15) is 0 Å². The second-order valence-corrected chi connectivity index (χ2v) is 9.85. The molecule has 1 saturated carbocycles. The molecule has 1 aromatic heterocycles. The third-order valence-electron chi connectivity index (χ3n) is 5.89. The van der Waals surface area contributed by atoms with Crippen molar-refractivity contribution in [1.82, 2.24) is 9.80 Å². The van der Waals surface area contributed by atoms with Crippen LogP contribution < -0.4 is 9.47 Å². The molecule has 0 N–H and O–H groups in total. The summed E-state index contributed by atoms with van der Waals surface area (Å²) in [7, 11) is 0. The number of ether oxygens (including phenoxy) is 2. The van der Waals surface area contributed by atoms with Gasteiger partial charge in [0.2, 0.25) is 12.7 Å². The zero-order valence-corrected chi connectivity index (χ0v) is 19.3. The van der Waals surface area contributed by atoms with Gasteiger partial charge in [-0.3, -0.25) is 9.59 Å². The van der Waals surface area contributed by atoms with Crippen molar-refractivity contribution in [2.45, 2.75) is 38.9 Å². The predicted molar refractivity (Wildman–Crippen MR) is 126 cm³/mol. The van der Waals surface area contributed by atoms with E-state index < -0.39 is 0 Å². The van der Waals surface area contributed by atoms with E-state index in [0.717, 1.165) is 23.3 Å². The first-order valence-electron chi connectivity index (χ1n) is 11.1. The van der Waals surface area contributed by atoms with E-state index in [1.165, 1.54) is 4.88 Å². The molecule has 2 amide bonds. The summed E-state index contributed by atoms with van der Waals surface area (Å²) in [6.07, 6.45) is 1.85. The third-order valence-corrected chi connectivity index (χ3v) is 6.87. The Morgan fingerprint density at radius 3 is 2.48 bits per heavy atom. The molecule has 2 aliphatic rings. The first-order valence-corrected chi connectivity index (χ1v) is 12.0. The molecule has 33 heavy (non-hydrogen) atoms. The minimum Gasteiger partial charge on any atom is -0.454 e. The van der Waals surface area contributed by atoms with E-state index >= 15 is 0 Å². The van der Waals surface area contributed by atoms with Gasteiger partial charge in [-0.1, -0.05) is 30.3 Å². The summed E-state index contributed by atoms with van der Waals surface area (Å²) < 4.78 is 10.8. The Hall–Kier alpha value is -3.32. The standard InChI is InChI=1S/C26H26N2O4S/c1-18-7-11-22(33-18)15-27(14-19-5-3-2-4-6-19)25(29)16-28(21-9-10-21)26(30)20-8-12-23-24(13-20)32-17-31-23/h2-8,11-13,21H,9-10,14-17H2,1H3. The highest BCUT2D eigenvalue weighted by atomic mass is 32.1. The first kappa shape index (κ1) is 21.5. The van der Waals surface area contributed by atoms with E-state index in [-0.39, 0.29) is 31.2 Å². The van der Waals surface area contributed by atoms with Gasteiger partial charge in [0.25, 0.3) is 5.91 Å². The van der Waals surface area contributed by atoms with Crippen molar-refractivity contribution < 1.29 is 19.1 Å². The summed E-state index contributed by atoms with van der Waals surface area (Å²) in [5.41, 5.74) is 1.58. The maximum Gasteiger partial charge on any atom is 0.254 e.